The van der Waals surface area contributed by atoms with Gasteiger partial charge in [-0.25, -0.2) is 9.37 Å². The number of halogens is 1. The maximum atomic E-state index is 13.5. The number of hydrogen-bond acceptors (Lipinski definition) is 5. The summed E-state index contributed by atoms with van der Waals surface area (Å²) in [6.45, 7) is 5.40. The summed E-state index contributed by atoms with van der Waals surface area (Å²) in [6.07, 6.45) is 2.06. The summed E-state index contributed by atoms with van der Waals surface area (Å²) < 4.78 is 19.0. The topological polar surface area (TPSA) is 79.2 Å². The van der Waals surface area contributed by atoms with Gasteiger partial charge < -0.3 is 9.40 Å². The Bertz CT molecular complexity index is 1130. The van der Waals surface area contributed by atoms with Gasteiger partial charge in [-0.05, 0) is 18.2 Å². The Morgan fingerprint density at radius 1 is 1.33 bits per heavy atom. The van der Waals surface area contributed by atoms with E-state index in [2.05, 4.69) is 9.97 Å². The van der Waals surface area contributed by atoms with Gasteiger partial charge in [0.05, 0.1) is 22.9 Å². The quantitative estimate of drug-likeness (QED) is 0.768. The highest BCUT2D eigenvalue weighted by atomic mass is 19.1. The monoisotopic (exact) mass is 369 g/mol. The third-order valence-corrected chi connectivity index (χ3v) is 4.91. The second-order valence-electron chi connectivity index (χ2n) is 7.22. The smallest absolute Gasteiger partial charge is 0.255 e. The molecule has 0 saturated heterocycles. The van der Waals surface area contributed by atoms with Crippen LogP contribution in [0.3, 0.4) is 0 Å². The van der Waals surface area contributed by atoms with E-state index in [4.69, 9.17) is 4.42 Å². The van der Waals surface area contributed by atoms with E-state index < -0.39 is 5.82 Å². The number of nitrogens with one attached hydrogen (secondary N) is 1. The molecule has 27 heavy (non-hydrogen) atoms. The van der Waals surface area contributed by atoms with Crippen LogP contribution < -0.4 is 11.0 Å². The summed E-state index contributed by atoms with van der Waals surface area (Å²) >= 11 is 0. The second kappa shape index (κ2) is 6.74. The Morgan fingerprint density at radius 2 is 2.15 bits per heavy atom. The van der Waals surface area contributed by atoms with Gasteiger partial charge in [-0.15, -0.1) is 0 Å². The molecule has 0 unspecified atom stereocenters. The molecule has 6 nitrogen and oxygen atoms in total. The third-order valence-electron chi connectivity index (χ3n) is 4.91. The van der Waals surface area contributed by atoms with Crippen molar-refractivity contribution in [1.29, 1.82) is 0 Å². The molecule has 0 amide bonds. The van der Waals surface area contributed by atoms with Crippen molar-refractivity contribution in [3.8, 4) is 0 Å². The zero-order valence-electron chi connectivity index (χ0n) is 15.2. The van der Waals surface area contributed by atoms with Crippen LogP contribution in [0.5, 0.6) is 0 Å². The van der Waals surface area contributed by atoms with Crippen molar-refractivity contribution in [2.24, 2.45) is 0 Å². The molecule has 0 spiro atoms. The van der Waals surface area contributed by atoms with E-state index in [0.717, 1.165) is 5.69 Å². The van der Waals surface area contributed by atoms with E-state index in [1.807, 2.05) is 18.7 Å². The molecule has 1 aromatic carbocycles. The van der Waals surface area contributed by atoms with Crippen molar-refractivity contribution in [2.45, 2.75) is 39.3 Å². The molecule has 1 N–H and O–H groups in total. The van der Waals surface area contributed by atoms with Crippen molar-refractivity contribution < 1.29 is 8.81 Å². The summed E-state index contributed by atoms with van der Waals surface area (Å²) in [6, 6.07) is 3.90. The molecule has 0 atom stereocenters. The first-order valence-electron chi connectivity index (χ1n) is 8.96. The molecule has 0 radical (unpaired) electrons. The first-order chi connectivity index (χ1) is 12.9. The van der Waals surface area contributed by atoms with Crippen LogP contribution in [-0.4, -0.2) is 21.4 Å². The molecule has 0 fully saturated rings. The number of nitrogens with zero attached hydrogens (tertiary/aromatic N) is 2. The van der Waals surface area contributed by atoms with Gasteiger partial charge in [-0.1, -0.05) is 13.8 Å². The number of aromatic nitrogens is 2. The minimum absolute atomic E-state index is 0.124. The minimum Gasteiger partial charge on any atom is -0.464 e. The first-order valence-corrected chi connectivity index (χ1v) is 8.96. The van der Waals surface area contributed by atoms with Crippen LogP contribution in [0.4, 0.5) is 4.39 Å². The Labute approximate surface area is 154 Å². The summed E-state index contributed by atoms with van der Waals surface area (Å²) in [7, 11) is 0. The normalized spacial score (nSPS) is 14.7. The first kappa shape index (κ1) is 17.6. The SMILES string of the molecule is CC(C)c1nc2c(c(=O)[nH]1)CN(Cc1coc3ccc(F)cc3c1=O)CC2. The average molecular weight is 369 g/mol. The number of fused-ring (bicyclic) bond motifs is 2. The fourth-order valence-corrected chi connectivity index (χ4v) is 3.40. The summed E-state index contributed by atoms with van der Waals surface area (Å²) in [4.78, 5) is 34.5. The number of aromatic amines is 1. The Morgan fingerprint density at radius 3 is 2.93 bits per heavy atom. The maximum Gasteiger partial charge on any atom is 0.255 e. The van der Waals surface area contributed by atoms with Crippen molar-refractivity contribution >= 4 is 11.0 Å². The maximum absolute atomic E-state index is 13.5. The van der Waals surface area contributed by atoms with Gasteiger partial charge in [0.1, 0.15) is 17.2 Å². The van der Waals surface area contributed by atoms with Gasteiger partial charge in [-0.3, -0.25) is 14.5 Å². The standard InChI is InChI=1S/C20H20FN3O3/c1-11(2)19-22-16-5-6-24(9-15(16)20(26)23-19)8-12-10-27-17-4-3-13(21)7-14(17)18(12)25/h3-4,7,10-11H,5-6,8-9H2,1-2H3,(H,22,23,26). The van der Waals surface area contributed by atoms with Crippen LogP contribution in [0, 0.1) is 5.82 Å². The van der Waals surface area contributed by atoms with Crippen LogP contribution in [0.1, 0.15) is 42.4 Å². The van der Waals surface area contributed by atoms with Crippen molar-refractivity contribution in [1.82, 2.24) is 14.9 Å². The van der Waals surface area contributed by atoms with Gasteiger partial charge in [-0.2, -0.15) is 0 Å². The molecule has 7 heteroatoms. The lowest BCUT2D eigenvalue weighted by Gasteiger charge is -2.27. The van der Waals surface area contributed by atoms with E-state index in [1.165, 1.54) is 24.5 Å². The highest BCUT2D eigenvalue weighted by Gasteiger charge is 2.23. The fraction of sp³-hybridized carbons (Fsp3) is 0.350. The van der Waals surface area contributed by atoms with Gasteiger partial charge in [0.15, 0.2) is 5.43 Å². The molecule has 3 heterocycles. The van der Waals surface area contributed by atoms with E-state index >= 15 is 0 Å². The largest absolute Gasteiger partial charge is 0.464 e. The predicted molar refractivity (Wildman–Crippen MR) is 99.2 cm³/mol. The molecule has 0 saturated carbocycles. The third kappa shape index (κ3) is 3.30. The lowest BCUT2D eigenvalue weighted by atomic mass is 10.0. The molecule has 1 aliphatic heterocycles. The second-order valence-corrected chi connectivity index (χ2v) is 7.22. The molecule has 3 aromatic rings. The molecule has 1 aliphatic rings. The van der Waals surface area contributed by atoms with E-state index in [1.54, 1.807) is 0 Å². The summed E-state index contributed by atoms with van der Waals surface area (Å²) in [5.41, 5.74) is 1.90. The van der Waals surface area contributed by atoms with Crippen molar-refractivity contribution in [3.05, 3.63) is 73.5 Å². The van der Waals surface area contributed by atoms with Crippen LogP contribution in [0.15, 0.2) is 38.5 Å². The Balaban J connectivity index is 1.62. The molecule has 0 bridgehead atoms. The van der Waals surface area contributed by atoms with Gasteiger partial charge in [0.2, 0.25) is 0 Å². The Kier molecular flexibility index (Phi) is 4.39. The van der Waals surface area contributed by atoms with Crippen LogP contribution >= 0.6 is 0 Å². The van der Waals surface area contributed by atoms with Gasteiger partial charge >= 0.3 is 0 Å². The fourth-order valence-electron chi connectivity index (χ4n) is 3.40. The highest BCUT2D eigenvalue weighted by Crippen LogP contribution is 2.19. The van der Waals surface area contributed by atoms with Crippen molar-refractivity contribution in [3.63, 3.8) is 0 Å². The van der Waals surface area contributed by atoms with E-state index in [-0.39, 0.29) is 22.3 Å². The lowest BCUT2D eigenvalue weighted by molar-refractivity contribution is 0.239. The minimum atomic E-state index is -0.475. The zero-order chi connectivity index (χ0) is 19.1. The number of H-pyrrole nitrogens is 1. The number of hydrogen-bond donors (Lipinski definition) is 1. The van der Waals surface area contributed by atoms with Gasteiger partial charge in [0, 0.05) is 37.5 Å². The van der Waals surface area contributed by atoms with Crippen LogP contribution in [0.25, 0.3) is 11.0 Å². The van der Waals surface area contributed by atoms with Crippen LogP contribution in [0.2, 0.25) is 0 Å². The molecule has 4 rings (SSSR count). The van der Waals surface area contributed by atoms with E-state index in [9.17, 15) is 14.0 Å². The highest BCUT2D eigenvalue weighted by molar-refractivity contribution is 5.76. The average Bonchev–Trinajstić information content (AvgIpc) is 2.64. The molecular weight excluding hydrogens is 349 g/mol. The zero-order valence-corrected chi connectivity index (χ0v) is 15.2. The summed E-state index contributed by atoms with van der Waals surface area (Å²) in [5, 5.41) is 0.228. The number of benzene rings is 1. The lowest BCUT2D eigenvalue weighted by Crippen LogP contribution is -2.36. The van der Waals surface area contributed by atoms with Crippen LogP contribution in [-0.2, 0) is 19.5 Å². The molecule has 2 aromatic heterocycles. The molecule has 0 aliphatic carbocycles. The Hall–Kier alpha value is -2.80. The van der Waals surface area contributed by atoms with E-state index in [0.29, 0.717) is 48.6 Å². The molecular formula is C20H20FN3O3. The number of rotatable bonds is 3. The summed E-state index contributed by atoms with van der Waals surface area (Å²) in [5.74, 6) is 0.380. The van der Waals surface area contributed by atoms with Crippen molar-refractivity contribution in [2.75, 3.05) is 6.54 Å². The van der Waals surface area contributed by atoms with Gasteiger partial charge in [0.25, 0.3) is 5.56 Å². The molecule has 140 valence electrons. The predicted octanol–water partition coefficient (Wildman–Crippen LogP) is 2.70.